The second kappa shape index (κ2) is 14.3. The smallest absolute Gasteiger partial charge is 0.417 e. The Balaban J connectivity index is 1.51. The summed E-state index contributed by atoms with van der Waals surface area (Å²) < 4.78 is 10.8. The Kier molecular flexibility index (Phi) is 9.81. The van der Waals surface area contributed by atoms with Gasteiger partial charge in [-0.2, -0.15) is 0 Å². The summed E-state index contributed by atoms with van der Waals surface area (Å²) >= 11 is 0. The van der Waals surface area contributed by atoms with Gasteiger partial charge in [0, 0.05) is 35.4 Å². The van der Waals surface area contributed by atoms with Crippen LogP contribution in [0.5, 0.6) is 5.75 Å². The van der Waals surface area contributed by atoms with Gasteiger partial charge in [-0.25, -0.2) is 14.5 Å². The second-order valence-electron chi connectivity index (χ2n) is 10.5. The first-order valence-electron chi connectivity index (χ1n) is 14.5. The normalized spacial score (nSPS) is 15.9. The van der Waals surface area contributed by atoms with Gasteiger partial charge in [-0.3, -0.25) is 19.6 Å². The van der Waals surface area contributed by atoms with E-state index in [1.165, 1.54) is 13.3 Å². The maximum Gasteiger partial charge on any atom is 0.417 e. The molecule has 11 nitrogen and oxygen atoms in total. The first-order valence-corrected chi connectivity index (χ1v) is 14.5. The number of aliphatic carboxylic acids is 1. The summed E-state index contributed by atoms with van der Waals surface area (Å²) in [5.41, 5.74) is 2.54. The van der Waals surface area contributed by atoms with Gasteiger partial charge in [-0.05, 0) is 36.8 Å². The zero-order chi connectivity index (χ0) is 32.6. The van der Waals surface area contributed by atoms with Gasteiger partial charge in [-0.15, -0.1) is 0 Å². The number of anilines is 1. The van der Waals surface area contributed by atoms with Crippen molar-refractivity contribution in [2.24, 2.45) is 4.99 Å². The van der Waals surface area contributed by atoms with Gasteiger partial charge in [0.1, 0.15) is 24.1 Å². The summed E-state index contributed by atoms with van der Waals surface area (Å²) in [4.78, 5) is 62.3. The van der Waals surface area contributed by atoms with Crippen molar-refractivity contribution in [1.82, 2.24) is 9.88 Å². The lowest BCUT2D eigenvalue weighted by molar-refractivity contribution is -0.139. The van der Waals surface area contributed by atoms with Crippen LogP contribution in [0.15, 0.2) is 108 Å². The van der Waals surface area contributed by atoms with E-state index in [9.17, 15) is 24.3 Å². The molecule has 2 N–H and O–H groups in total. The average Bonchev–Trinajstić information content (AvgIpc) is 3.48. The largest absolute Gasteiger partial charge is 0.496 e. The quantitative estimate of drug-likeness (QED) is 0.209. The summed E-state index contributed by atoms with van der Waals surface area (Å²) in [7, 11) is 1.45. The minimum atomic E-state index is -1.48. The number of aliphatic imine (C=N–C) groups is 1. The number of nitrogens with zero attached hydrogens (tertiary/aromatic N) is 3. The predicted molar refractivity (Wildman–Crippen MR) is 170 cm³/mol. The molecule has 1 fully saturated rings. The van der Waals surface area contributed by atoms with Crippen molar-refractivity contribution in [3.8, 4) is 5.75 Å². The molecule has 11 heteroatoms. The molecular formula is C35H32N4O7. The van der Waals surface area contributed by atoms with E-state index in [-0.39, 0.29) is 18.7 Å². The molecule has 234 valence electrons. The predicted octanol–water partition coefficient (Wildman–Crippen LogP) is 5.50. The number of rotatable bonds is 11. The molecule has 4 aromatic rings. The molecule has 1 aliphatic rings. The van der Waals surface area contributed by atoms with E-state index >= 15 is 0 Å². The number of benzene rings is 3. The molecule has 0 radical (unpaired) electrons. The SMILES string of the molecule is COc1ccccc1[C@@H](CC(=O)N1C(=O)OC[C@@H]1c1ccccc1)[C@H](N=C(C)c1ccccc1NC(=O)c1ccccn1)C(=O)O. The zero-order valence-electron chi connectivity index (χ0n) is 25.2. The van der Waals surface area contributed by atoms with Crippen LogP contribution in [0.25, 0.3) is 0 Å². The van der Waals surface area contributed by atoms with Gasteiger partial charge in [0.2, 0.25) is 5.91 Å². The molecule has 0 bridgehead atoms. The maximum absolute atomic E-state index is 13.9. The summed E-state index contributed by atoms with van der Waals surface area (Å²) in [6.07, 6.45) is 0.320. The van der Waals surface area contributed by atoms with Gasteiger partial charge >= 0.3 is 12.1 Å². The van der Waals surface area contributed by atoms with Gasteiger partial charge in [-0.1, -0.05) is 72.8 Å². The highest BCUT2D eigenvalue weighted by Gasteiger charge is 2.42. The number of carbonyl (C=O) groups excluding carboxylic acids is 3. The van der Waals surface area contributed by atoms with Crippen LogP contribution in [0.1, 0.15) is 52.5 Å². The number of carboxylic acid groups (broad SMARTS) is 1. The maximum atomic E-state index is 13.9. The molecule has 5 rings (SSSR count). The lowest BCUT2D eigenvalue weighted by atomic mass is 9.87. The number of carboxylic acids is 1. The van der Waals surface area contributed by atoms with E-state index in [4.69, 9.17) is 9.47 Å². The lowest BCUT2D eigenvalue weighted by Crippen LogP contribution is -2.38. The van der Waals surface area contributed by atoms with Crippen molar-refractivity contribution in [1.29, 1.82) is 0 Å². The molecule has 1 aliphatic heterocycles. The van der Waals surface area contributed by atoms with Crippen LogP contribution in [-0.2, 0) is 14.3 Å². The highest BCUT2D eigenvalue weighted by molar-refractivity contribution is 6.10. The molecular weight excluding hydrogens is 588 g/mol. The molecule has 0 saturated carbocycles. The topological polar surface area (TPSA) is 147 Å². The summed E-state index contributed by atoms with van der Waals surface area (Å²) in [6.45, 7) is 1.61. The van der Waals surface area contributed by atoms with Gasteiger partial charge < -0.3 is 19.9 Å². The molecule has 3 aromatic carbocycles. The van der Waals surface area contributed by atoms with Gasteiger partial charge in [0.25, 0.3) is 5.91 Å². The van der Waals surface area contributed by atoms with Crippen LogP contribution in [0.3, 0.4) is 0 Å². The molecule has 1 saturated heterocycles. The number of ether oxygens (including phenoxy) is 2. The number of para-hydroxylation sites is 2. The van der Waals surface area contributed by atoms with E-state index in [1.807, 2.05) is 6.07 Å². The average molecular weight is 621 g/mol. The molecule has 0 aliphatic carbocycles. The summed E-state index contributed by atoms with van der Waals surface area (Å²) in [5, 5.41) is 13.4. The third-order valence-corrected chi connectivity index (χ3v) is 7.69. The Morgan fingerprint density at radius 2 is 1.70 bits per heavy atom. The van der Waals surface area contributed by atoms with Crippen molar-refractivity contribution in [3.05, 3.63) is 126 Å². The van der Waals surface area contributed by atoms with E-state index in [0.717, 1.165) is 4.90 Å². The van der Waals surface area contributed by atoms with Crippen molar-refractivity contribution < 1.29 is 33.8 Å². The molecule has 0 unspecified atom stereocenters. The minimum Gasteiger partial charge on any atom is -0.496 e. The highest BCUT2D eigenvalue weighted by Crippen LogP contribution is 2.36. The van der Waals surface area contributed by atoms with Crippen LogP contribution in [-0.4, -0.2) is 64.3 Å². The number of carbonyl (C=O) groups is 4. The number of imide groups is 1. The van der Waals surface area contributed by atoms with Crippen molar-refractivity contribution in [2.45, 2.75) is 31.3 Å². The fourth-order valence-electron chi connectivity index (χ4n) is 5.46. The number of methoxy groups -OCH3 is 1. The lowest BCUT2D eigenvalue weighted by Gasteiger charge is -2.27. The number of hydrogen-bond donors (Lipinski definition) is 2. The van der Waals surface area contributed by atoms with Crippen molar-refractivity contribution in [2.75, 3.05) is 19.0 Å². The second-order valence-corrected chi connectivity index (χ2v) is 10.5. The Morgan fingerprint density at radius 1 is 1.00 bits per heavy atom. The molecule has 3 atom stereocenters. The molecule has 2 heterocycles. The minimum absolute atomic E-state index is 0.0193. The first-order chi connectivity index (χ1) is 22.3. The first kappa shape index (κ1) is 31.6. The standard InChI is InChI=1S/C35H32N4O7/c1-22(24-14-6-8-16-27(24)38-33(41)28-17-10-11-19-36-28)37-32(34(42)43)26(25-15-7-9-18-30(25)45-2)20-31(40)39-29(21-46-35(39)44)23-12-4-3-5-13-23/h3-19,26,29,32H,20-21H2,1-2H3,(H,38,41)(H,42,43)/t26-,29-,32+/m1/s1. The van der Waals surface area contributed by atoms with E-state index in [0.29, 0.717) is 33.8 Å². The molecule has 3 amide bonds. The number of hydrogen-bond acceptors (Lipinski definition) is 8. The van der Waals surface area contributed by atoms with Gasteiger partial charge in [0.15, 0.2) is 6.04 Å². The number of amides is 3. The Labute approximate surface area is 265 Å². The van der Waals surface area contributed by atoms with Gasteiger partial charge in [0.05, 0.1) is 12.8 Å². The zero-order valence-corrected chi connectivity index (χ0v) is 25.2. The Morgan fingerprint density at radius 3 is 2.41 bits per heavy atom. The van der Waals surface area contributed by atoms with Crippen LogP contribution in [0.4, 0.5) is 10.5 Å². The van der Waals surface area contributed by atoms with E-state index in [2.05, 4.69) is 15.3 Å². The molecule has 46 heavy (non-hydrogen) atoms. The highest BCUT2D eigenvalue weighted by atomic mass is 16.6. The van der Waals surface area contributed by atoms with Crippen LogP contribution >= 0.6 is 0 Å². The van der Waals surface area contributed by atoms with Crippen LogP contribution in [0.2, 0.25) is 0 Å². The van der Waals surface area contributed by atoms with E-state index in [1.54, 1.807) is 97.9 Å². The number of aromatic nitrogens is 1. The number of nitrogens with one attached hydrogen (secondary N) is 1. The van der Waals surface area contributed by atoms with Crippen LogP contribution in [0, 0.1) is 0 Å². The molecule has 1 aromatic heterocycles. The third kappa shape index (κ3) is 6.94. The number of cyclic esters (lactones) is 1. The molecule has 0 spiro atoms. The Bertz CT molecular complexity index is 1760. The summed E-state index contributed by atoms with van der Waals surface area (Å²) in [5.74, 6) is -3.03. The van der Waals surface area contributed by atoms with E-state index < -0.39 is 41.9 Å². The third-order valence-electron chi connectivity index (χ3n) is 7.69. The number of pyridine rings is 1. The van der Waals surface area contributed by atoms with Crippen LogP contribution < -0.4 is 10.1 Å². The summed E-state index contributed by atoms with van der Waals surface area (Å²) in [6, 6.07) is 25.5. The van der Waals surface area contributed by atoms with Crippen molar-refractivity contribution >= 4 is 35.3 Å². The van der Waals surface area contributed by atoms with Crippen molar-refractivity contribution in [3.63, 3.8) is 0 Å². The Hall–Kier alpha value is -5.84. The monoisotopic (exact) mass is 620 g/mol. The fraction of sp³-hybridized carbons (Fsp3) is 0.200. The fourth-order valence-corrected chi connectivity index (χ4v) is 5.46.